The molecule has 2 amide bonds. The zero-order valence-corrected chi connectivity index (χ0v) is 13.1. The Bertz CT molecular complexity index is 502. The van der Waals surface area contributed by atoms with Crippen LogP contribution in [0, 0.1) is 12.8 Å². The molecule has 1 rings (SSSR count). The Balaban J connectivity index is 2.94. The van der Waals surface area contributed by atoms with Crippen molar-refractivity contribution in [3.8, 4) is 0 Å². The summed E-state index contributed by atoms with van der Waals surface area (Å²) in [6.45, 7) is 8.00. The van der Waals surface area contributed by atoms with Crippen LogP contribution in [-0.4, -0.2) is 29.7 Å². The fourth-order valence-electron chi connectivity index (χ4n) is 2.18. The molecule has 0 heterocycles. The number of para-hydroxylation sites is 1. The number of hydrogen-bond donors (Lipinski definition) is 2. The lowest BCUT2D eigenvalue weighted by Crippen LogP contribution is -2.50. The lowest BCUT2D eigenvalue weighted by molar-refractivity contribution is -0.140. The minimum atomic E-state index is -1.00. The third-order valence-electron chi connectivity index (χ3n) is 3.73. The first kappa shape index (κ1) is 17.0. The molecule has 0 aliphatic rings. The molecule has 0 aliphatic heterocycles. The average molecular weight is 292 g/mol. The van der Waals surface area contributed by atoms with Crippen LogP contribution >= 0.6 is 0 Å². The van der Waals surface area contributed by atoms with Gasteiger partial charge in [-0.3, -0.25) is 4.90 Å². The number of urea groups is 1. The molecule has 0 aromatic heterocycles. The van der Waals surface area contributed by atoms with Gasteiger partial charge in [0.1, 0.15) is 6.04 Å². The van der Waals surface area contributed by atoms with E-state index in [1.54, 1.807) is 4.90 Å². The molecule has 2 atom stereocenters. The molecular weight excluding hydrogens is 268 g/mol. The molecule has 21 heavy (non-hydrogen) atoms. The number of carbonyl (C=O) groups is 2. The maximum atomic E-state index is 12.4. The van der Waals surface area contributed by atoms with Crippen molar-refractivity contribution in [1.82, 2.24) is 5.32 Å². The Labute approximate surface area is 126 Å². The van der Waals surface area contributed by atoms with Crippen LogP contribution in [-0.2, 0) is 4.79 Å². The summed E-state index contributed by atoms with van der Waals surface area (Å²) in [5.74, 6) is -1.12. The minimum Gasteiger partial charge on any atom is -0.480 e. The number of aryl methyl sites for hydroxylation is 1. The normalized spacial score (nSPS) is 13.3. The van der Waals surface area contributed by atoms with E-state index in [4.69, 9.17) is 0 Å². The summed E-state index contributed by atoms with van der Waals surface area (Å²) < 4.78 is 0. The summed E-state index contributed by atoms with van der Waals surface area (Å²) in [6.07, 6.45) is 0.688. The molecule has 1 aromatic carbocycles. The molecule has 0 radical (unpaired) electrons. The summed E-state index contributed by atoms with van der Waals surface area (Å²) in [5, 5.41) is 11.9. The number of hydrogen-bond acceptors (Lipinski definition) is 2. The Hall–Kier alpha value is -2.04. The largest absolute Gasteiger partial charge is 0.480 e. The third kappa shape index (κ3) is 4.21. The molecule has 0 saturated heterocycles. The molecular formula is C16H24N2O3. The molecule has 5 heteroatoms. The van der Waals surface area contributed by atoms with Crippen LogP contribution in [0.5, 0.6) is 0 Å². The SMILES string of the molecule is CCC(C)C(NC(=O)N(CC)c1ccccc1C)C(=O)O. The fraction of sp³-hybridized carbons (Fsp3) is 0.500. The third-order valence-corrected chi connectivity index (χ3v) is 3.73. The number of nitrogens with one attached hydrogen (secondary N) is 1. The van der Waals surface area contributed by atoms with Gasteiger partial charge in [0.2, 0.25) is 0 Å². The molecule has 1 aromatic rings. The Morgan fingerprint density at radius 3 is 2.38 bits per heavy atom. The molecule has 5 nitrogen and oxygen atoms in total. The van der Waals surface area contributed by atoms with Gasteiger partial charge in [-0.05, 0) is 31.4 Å². The molecule has 0 spiro atoms. The maximum Gasteiger partial charge on any atom is 0.326 e. The molecule has 0 saturated carbocycles. The number of carboxylic acid groups (broad SMARTS) is 1. The lowest BCUT2D eigenvalue weighted by atomic mass is 9.99. The smallest absolute Gasteiger partial charge is 0.326 e. The quantitative estimate of drug-likeness (QED) is 0.846. The van der Waals surface area contributed by atoms with E-state index in [1.165, 1.54) is 0 Å². The van der Waals surface area contributed by atoms with Crippen molar-refractivity contribution in [2.24, 2.45) is 5.92 Å². The monoisotopic (exact) mass is 292 g/mol. The second-order valence-corrected chi connectivity index (χ2v) is 5.18. The van der Waals surface area contributed by atoms with Crippen molar-refractivity contribution in [2.75, 3.05) is 11.4 Å². The molecule has 2 unspecified atom stereocenters. The zero-order chi connectivity index (χ0) is 16.0. The van der Waals surface area contributed by atoms with Crippen LogP contribution in [0.1, 0.15) is 32.8 Å². The number of rotatable bonds is 6. The van der Waals surface area contributed by atoms with E-state index in [9.17, 15) is 14.7 Å². The van der Waals surface area contributed by atoms with Crippen molar-refractivity contribution in [3.63, 3.8) is 0 Å². The number of nitrogens with zero attached hydrogens (tertiary/aromatic N) is 1. The first-order valence-corrected chi connectivity index (χ1v) is 7.28. The highest BCUT2D eigenvalue weighted by molar-refractivity contribution is 5.95. The van der Waals surface area contributed by atoms with Crippen LogP contribution in [0.3, 0.4) is 0 Å². The van der Waals surface area contributed by atoms with Crippen molar-refractivity contribution < 1.29 is 14.7 Å². The molecule has 116 valence electrons. The van der Waals surface area contributed by atoms with Crippen molar-refractivity contribution in [2.45, 2.75) is 40.2 Å². The van der Waals surface area contributed by atoms with Crippen LogP contribution in [0.15, 0.2) is 24.3 Å². The highest BCUT2D eigenvalue weighted by atomic mass is 16.4. The summed E-state index contributed by atoms with van der Waals surface area (Å²) in [4.78, 5) is 25.3. The Morgan fingerprint density at radius 1 is 1.29 bits per heavy atom. The van der Waals surface area contributed by atoms with E-state index >= 15 is 0 Å². The summed E-state index contributed by atoms with van der Waals surface area (Å²) in [5.41, 5.74) is 1.77. The van der Waals surface area contributed by atoms with Gasteiger partial charge in [0.05, 0.1) is 0 Å². The van der Waals surface area contributed by atoms with Gasteiger partial charge in [0, 0.05) is 12.2 Å². The molecule has 2 N–H and O–H groups in total. The van der Waals surface area contributed by atoms with Gasteiger partial charge in [-0.2, -0.15) is 0 Å². The topological polar surface area (TPSA) is 69.6 Å². The minimum absolute atomic E-state index is 0.123. The number of anilines is 1. The second kappa shape index (κ2) is 7.67. The van der Waals surface area contributed by atoms with Crippen molar-refractivity contribution >= 4 is 17.7 Å². The maximum absolute atomic E-state index is 12.4. The van der Waals surface area contributed by atoms with Crippen LogP contribution in [0.25, 0.3) is 0 Å². The Morgan fingerprint density at radius 2 is 1.90 bits per heavy atom. The standard InChI is InChI=1S/C16H24N2O3/c1-5-11(3)14(15(19)20)17-16(21)18(6-2)13-10-8-7-9-12(13)4/h7-11,14H,5-6H2,1-4H3,(H,17,21)(H,19,20). The Kier molecular flexibility index (Phi) is 6.21. The summed E-state index contributed by atoms with van der Waals surface area (Å²) >= 11 is 0. The number of benzene rings is 1. The second-order valence-electron chi connectivity index (χ2n) is 5.18. The van der Waals surface area contributed by atoms with Crippen molar-refractivity contribution in [1.29, 1.82) is 0 Å². The number of carboxylic acids is 1. The van der Waals surface area contributed by atoms with E-state index in [0.29, 0.717) is 13.0 Å². The highest BCUT2D eigenvalue weighted by Gasteiger charge is 2.27. The van der Waals surface area contributed by atoms with E-state index in [2.05, 4.69) is 5.32 Å². The van der Waals surface area contributed by atoms with Gasteiger partial charge in [0.25, 0.3) is 0 Å². The predicted octanol–water partition coefficient (Wildman–Crippen LogP) is 3.03. The van der Waals surface area contributed by atoms with Gasteiger partial charge in [0.15, 0.2) is 0 Å². The van der Waals surface area contributed by atoms with Gasteiger partial charge in [-0.15, -0.1) is 0 Å². The van der Waals surface area contributed by atoms with Crippen LogP contribution < -0.4 is 10.2 Å². The van der Waals surface area contributed by atoms with Crippen molar-refractivity contribution in [3.05, 3.63) is 29.8 Å². The molecule has 0 fully saturated rings. The van der Waals surface area contributed by atoms with Gasteiger partial charge in [-0.25, -0.2) is 9.59 Å². The fourth-order valence-corrected chi connectivity index (χ4v) is 2.18. The lowest BCUT2D eigenvalue weighted by Gasteiger charge is -2.27. The number of amides is 2. The van der Waals surface area contributed by atoms with E-state index < -0.39 is 12.0 Å². The van der Waals surface area contributed by atoms with E-state index in [0.717, 1.165) is 11.3 Å². The molecule has 0 aliphatic carbocycles. The highest BCUT2D eigenvalue weighted by Crippen LogP contribution is 2.19. The van der Waals surface area contributed by atoms with Crippen LogP contribution in [0.4, 0.5) is 10.5 Å². The summed E-state index contributed by atoms with van der Waals surface area (Å²) in [7, 11) is 0. The van der Waals surface area contributed by atoms with Gasteiger partial charge >= 0.3 is 12.0 Å². The first-order chi connectivity index (χ1) is 9.92. The zero-order valence-electron chi connectivity index (χ0n) is 13.1. The predicted molar refractivity (Wildman–Crippen MR) is 83.6 cm³/mol. The van der Waals surface area contributed by atoms with E-state index in [1.807, 2.05) is 52.0 Å². The number of aliphatic carboxylic acids is 1. The first-order valence-electron chi connectivity index (χ1n) is 7.28. The van der Waals surface area contributed by atoms with Crippen LogP contribution in [0.2, 0.25) is 0 Å². The van der Waals surface area contributed by atoms with Gasteiger partial charge in [-0.1, -0.05) is 38.5 Å². The molecule has 0 bridgehead atoms. The number of carbonyl (C=O) groups excluding carboxylic acids is 1. The average Bonchev–Trinajstić information content (AvgIpc) is 2.46. The van der Waals surface area contributed by atoms with E-state index in [-0.39, 0.29) is 11.9 Å². The van der Waals surface area contributed by atoms with Gasteiger partial charge < -0.3 is 10.4 Å². The summed E-state index contributed by atoms with van der Waals surface area (Å²) in [6, 6.07) is 6.30.